The van der Waals surface area contributed by atoms with Crippen molar-refractivity contribution in [3.05, 3.63) is 65.5 Å². The predicted molar refractivity (Wildman–Crippen MR) is 127 cm³/mol. The van der Waals surface area contributed by atoms with E-state index in [-0.39, 0.29) is 22.1 Å². The smallest absolute Gasteiger partial charge is 0.250 e. The molecule has 1 aromatic heterocycles. The number of nitriles is 1. The second-order valence-corrected chi connectivity index (χ2v) is 11.2. The first-order valence-electron chi connectivity index (χ1n) is 9.06. The van der Waals surface area contributed by atoms with Gasteiger partial charge in [-0.25, -0.2) is 12.8 Å². The molecule has 3 aromatic rings. The van der Waals surface area contributed by atoms with E-state index in [1.807, 2.05) is 4.72 Å². The zero-order valence-electron chi connectivity index (χ0n) is 19.1. The van der Waals surface area contributed by atoms with Gasteiger partial charge in [-0.15, -0.1) is 11.3 Å². The van der Waals surface area contributed by atoms with Crippen molar-refractivity contribution in [2.75, 3.05) is 14.2 Å². The molecule has 11 nitrogen and oxygen atoms in total. The highest BCUT2D eigenvalue weighted by molar-refractivity contribution is 7.92. The second-order valence-electron chi connectivity index (χ2n) is 6.60. The van der Waals surface area contributed by atoms with Crippen LogP contribution in [-0.4, -0.2) is 22.6 Å². The minimum absolute atomic E-state index is 0. The Hall–Kier alpha value is -2.86. The monoisotopic (exact) mass is 546 g/mol. The van der Waals surface area contributed by atoms with Gasteiger partial charge in [0, 0.05) is 4.88 Å². The van der Waals surface area contributed by atoms with Gasteiger partial charge in [-0.1, -0.05) is 6.07 Å². The summed E-state index contributed by atoms with van der Waals surface area (Å²) in [5.74, 6) is -2.45. The number of sulfonamides is 1. The molecule has 0 aliphatic rings. The summed E-state index contributed by atoms with van der Waals surface area (Å²) in [4.78, 5) is 24.1. The maximum Gasteiger partial charge on any atom is 0.250 e. The molecule has 0 spiro atoms. The van der Waals surface area contributed by atoms with Crippen LogP contribution in [0.4, 0.5) is 4.39 Å². The van der Waals surface area contributed by atoms with Crippen molar-refractivity contribution >= 4 is 29.0 Å². The Morgan fingerprint density at radius 1 is 1.06 bits per heavy atom. The molecule has 1 atom stereocenters. The Labute approximate surface area is 205 Å². The molecule has 0 amide bonds. The van der Waals surface area contributed by atoms with Gasteiger partial charge in [-0.05, 0) is 61.2 Å². The number of methoxy groups -OCH3 is 2. The van der Waals surface area contributed by atoms with E-state index in [1.54, 1.807) is 24.3 Å². The second kappa shape index (κ2) is 11.7. The summed E-state index contributed by atoms with van der Waals surface area (Å²) in [6.07, 6.45) is 0. The molecule has 15 heteroatoms. The zero-order valence-corrected chi connectivity index (χ0v) is 21.7. The maximum atomic E-state index is 14.0. The molecule has 35 heavy (non-hydrogen) atoms. The van der Waals surface area contributed by atoms with Gasteiger partial charge in [0.2, 0.25) is 0 Å². The van der Waals surface area contributed by atoms with Crippen molar-refractivity contribution in [1.82, 2.24) is 17.0 Å². The Morgan fingerprint density at radius 3 is 2.26 bits per heavy atom. The van der Waals surface area contributed by atoms with Crippen LogP contribution in [0.3, 0.4) is 0 Å². The van der Waals surface area contributed by atoms with Gasteiger partial charge < -0.3 is 36.1 Å². The van der Waals surface area contributed by atoms with E-state index in [0.29, 0.717) is 28.0 Å². The van der Waals surface area contributed by atoms with E-state index in [2.05, 4.69) is 0 Å². The number of rotatable bonds is 8. The van der Waals surface area contributed by atoms with E-state index in [1.165, 1.54) is 26.4 Å². The quantitative estimate of drug-likeness (QED) is 0.355. The van der Waals surface area contributed by atoms with Crippen LogP contribution in [-0.2, 0) is 14.6 Å². The molecule has 0 saturated carbocycles. The molecule has 0 fully saturated rings. The largest absolute Gasteiger partial charge is 0.809 e. The normalized spacial score (nSPS) is 12.0. The molecule has 0 saturated heterocycles. The summed E-state index contributed by atoms with van der Waals surface area (Å²) in [5, 5.41) is 8.81. The van der Waals surface area contributed by atoms with Crippen molar-refractivity contribution in [2.24, 2.45) is 0 Å². The summed E-state index contributed by atoms with van der Waals surface area (Å²) >= 11 is 0.825. The van der Waals surface area contributed by atoms with Crippen LogP contribution in [0.1, 0.15) is 16.9 Å². The Bertz CT molecular complexity index is 1390. The van der Waals surface area contributed by atoms with Gasteiger partial charge in [0.05, 0.1) is 25.6 Å². The summed E-state index contributed by atoms with van der Waals surface area (Å²) in [7, 11) is -7.15. The molecule has 9 N–H and O–H groups in total. The molecule has 2 aromatic carbocycles. The number of thiophene rings is 1. The standard InChI is InChI=1S/C20H18FN2O7PS2.2H3N/c1-29-16-6-5-12(10-17(16)30-2)18-7-8-19(32-18)33(27,28)23-20(31(24,25)26)13-3-4-14(11-22)15(21)9-13;;/h3-10,20,23H,1-2H3,(H2,24,25,26);2*1H3. The number of nitrogens with one attached hydrogen (secondary N) is 1. The molecule has 1 heterocycles. The van der Waals surface area contributed by atoms with E-state index >= 15 is 0 Å². The van der Waals surface area contributed by atoms with Crippen molar-refractivity contribution < 1.29 is 36.6 Å². The van der Waals surface area contributed by atoms with Crippen molar-refractivity contribution in [1.29, 1.82) is 5.26 Å². The van der Waals surface area contributed by atoms with Crippen molar-refractivity contribution in [3.8, 4) is 28.0 Å². The summed E-state index contributed by atoms with van der Waals surface area (Å²) < 4.78 is 63.4. The molecule has 0 aliphatic carbocycles. The van der Waals surface area contributed by atoms with E-state index in [4.69, 9.17) is 14.7 Å². The van der Waals surface area contributed by atoms with Crippen LogP contribution in [0.2, 0.25) is 0 Å². The number of nitrogens with zero attached hydrogens (tertiary/aromatic N) is 1. The first-order valence-corrected chi connectivity index (χ1v) is 13.0. The zero-order chi connectivity index (χ0) is 24.4. The lowest BCUT2D eigenvalue weighted by atomic mass is 10.1. The molecular formula is C20H24FN4O7PS2. The van der Waals surface area contributed by atoms with Gasteiger partial charge in [-0.3, -0.25) is 0 Å². The van der Waals surface area contributed by atoms with Gasteiger partial charge in [0.25, 0.3) is 10.0 Å². The number of quaternary nitrogens is 2. The Morgan fingerprint density at radius 2 is 1.71 bits per heavy atom. The molecule has 0 radical (unpaired) electrons. The van der Waals surface area contributed by atoms with Crippen LogP contribution in [0.15, 0.2) is 52.7 Å². The average Bonchev–Trinajstić information content (AvgIpc) is 3.27. The highest BCUT2D eigenvalue weighted by Crippen LogP contribution is 2.44. The molecular weight excluding hydrogens is 522 g/mol. The van der Waals surface area contributed by atoms with Crippen LogP contribution in [0.25, 0.3) is 10.4 Å². The Balaban J connectivity index is 0.00000306. The topological polar surface area (TPSA) is 225 Å². The first kappa shape index (κ1) is 30.2. The third-order valence-electron chi connectivity index (χ3n) is 4.53. The Kier molecular flexibility index (Phi) is 10.1. The summed E-state index contributed by atoms with van der Waals surface area (Å²) in [6.45, 7) is 0. The van der Waals surface area contributed by atoms with E-state index in [0.717, 1.165) is 23.5 Å². The van der Waals surface area contributed by atoms with Gasteiger partial charge >= 0.3 is 0 Å². The van der Waals surface area contributed by atoms with Crippen LogP contribution in [0.5, 0.6) is 11.5 Å². The summed E-state index contributed by atoms with van der Waals surface area (Å²) in [6, 6.07) is 11.9. The lowest BCUT2D eigenvalue weighted by Gasteiger charge is -2.38. The van der Waals surface area contributed by atoms with Gasteiger partial charge in [-0.2, -0.15) is 9.98 Å². The number of benzene rings is 2. The molecule has 0 aliphatic heterocycles. The fraction of sp³-hybridized carbons (Fsp3) is 0.150. The van der Waals surface area contributed by atoms with E-state index in [9.17, 15) is 27.2 Å². The number of ether oxygens (including phenoxy) is 2. The minimum Gasteiger partial charge on any atom is -0.809 e. The maximum absolute atomic E-state index is 14.0. The summed E-state index contributed by atoms with van der Waals surface area (Å²) in [5.41, 5.74) is -0.215. The third kappa shape index (κ3) is 6.63. The lowest BCUT2D eigenvalue weighted by molar-refractivity contribution is -0.317. The van der Waals surface area contributed by atoms with Gasteiger partial charge in [0.1, 0.15) is 16.1 Å². The third-order valence-corrected chi connectivity index (χ3v) is 8.81. The predicted octanol–water partition coefficient (Wildman–Crippen LogP) is 3.09. The minimum atomic E-state index is -5.59. The molecule has 190 valence electrons. The average molecular weight is 547 g/mol. The first-order chi connectivity index (χ1) is 15.5. The SMILES string of the molecule is COc1ccc(-c2ccc(S(=O)(=O)NC(c3ccc(C#N)c(F)c3)P(=O)([O-])[O-])s2)cc1OC.[NH4+].[NH4+]. The fourth-order valence-corrected chi connectivity index (χ4v) is 6.76. The molecule has 1 unspecified atom stereocenters. The highest BCUT2D eigenvalue weighted by Gasteiger charge is 2.26. The van der Waals surface area contributed by atoms with Gasteiger partial charge in [0.15, 0.2) is 11.5 Å². The van der Waals surface area contributed by atoms with Crippen LogP contribution < -0.4 is 36.3 Å². The van der Waals surface area contributed by atoms with Crippen molar-refractivity contribution in [3.63, 3.8) is 0 Å². The lowest BCUT2D eigenvalue weighted by Crippen LogP contribution is -2.34. The number of hydrogen-bond acceptors (Lipinski definition) is 9. The van der Waals surface area contributed by atoms with E-state index < -0.39 is 34.8 Å². The van der Waals surface area contributed by atoms with Crippen LogP contribution >= 0.6 is 18.9 Å². The fourth-order valence-electron chi connectivity index (χ4n) is 2.92. The molecule has 0 bridgehead atoms. The van der Waals surface area contributed by atoms with Crippen molar-refractivity contribution in [2.45, 2.75) is 9.99 Å². The highest BCUT2D eigenvalue weighted by atomic mass is 32.2. The molecule has 3 rings (SSSR count). The number of hydrogen-bond donors (Lipinski definition) is 3. The number of halogens is 1. The van der Waals surface area contributed by atoms with Crippen LogP contribution in [0, 0.1) is 17.1 Å².